The fourth-order valence-electron chi connectivity index (χ4n) is 2.66. The van der Waals surface area contributed by atoms with E-state index in [9.17, 15) is 4.79 Å². The van der Waals surface area contributed by atoms with Crippen molar-refractivity contribution in [3.8, 4) is 0 Å². The number of carbonyl (C=O) groups is 1. The smallest absolute Gasteiger partial charge is 0.259 e. The molecule has 0 radical (unpaired) electrons. The highest BCUT2D eigenvalue weighted by atomic mass is 79.9. The van der Waals surface area contributed by atoms with Crippen LogP contribution in [0.15, 0.2) is 47.1 Å². The van der Waals surface area contributed by atoms with Gasteiger partial charge in [-0.05, 0) is 61.1 Å². The molecule has 0 atom stereocenters. The summed E-state index contributed by atoms with van der Waals surface area (Å²) in [5.41, 5.74) is 1.41. The van der Waals surface area contributed by atoms with E-state index in [-0.39, 0.29) is 17.9 Å². The number of rotatable bonds is 7. The third-order valence-electron chi connectivity index (χ3n) is 4.38. The molecule has 0 aliphatic heterocycles. The molecule has 3 rings (SSSR count). The van der Waals surface area contributed by atoms with Crippen molar-refractivity contribution in [1.29, 1.82) is 0 Å². The van der Waals surface area contributed by atoms with E-state index >= 15 is 0 Å². The van der Waals surface area contributed by atoms with E-state index in [1.54, 1.807) is 18.3 Å². The van der Waals surface area contributed by atoms with Gasteiger partial charge >= 0.3 is 0 Å². The molecule has 6 heteroatoms. The van der Waals surface area contributed by atoms with E-state index in [2.05, 4.69) is 31.5 Å². The molecule has 5 nitrogen and oxygen atoms in total. The second-order valence-corrected chi connectivity index (χ2v) is 7.10. The summed E-state index contributed by atoms with van der Waals surface area (Å²) in [4.78, 5) is 16.8. The summed E-state index contributed by atoms with van der Waals surface area (Å²) < 4.78 is 0.961. The first-order chi connectivity index (χ1) is 11.6. The van der Waals surface area contributed by atoms with Gasteiger partial charge in [0.25, 0.3) is 5.91 Å². The van der Waals surface area contributed by atoms with E-state index in [4.69, 9.17) is 5.11 Å². The van der Waals surface area contributed by atoms with Crippen molar-refractivity contribution < 1.29 is 9.90 Å². The van der Waals surface area contributed by atoms with Gasteiger partial charge in [0, 0.05) is 29.5 Å². The largest absolute Gasteiger partial charge is 0.396 e. The van der Waals surface area contributed by atoms with Crippen molar-refractivity contribution in [2.75, 3.05) is 23.8 Å². The van der Waals surface area contributed by atoms with Crippen LogP contribution in [0.5, 0.6) is 0 Å². The third kappa shape index (κ3) is 4.13. The molecule has 126 valence electrons. The minimum atomic E-state index is -0.195. The van der Waals surface area contributed by atoms with Crippen molar-refractivity contribution in [2.45, 2.75) is 19.3 Å². The number of aliphatic hydroxyl groups excluding tert-OH is 1. The fraction of sp³-hybridized carbons (Fsp3) is 0.333. The molecule has 1 aromatic carbocycles. The molecule has 0 spiro atoms. The zero-order valence-electron chi connectivity index (χ0n) is 13.3. The highest BCUT2D eigenvalue weighted by Gasteiger charge is 2.41. The Kier molecular flexibility index (Phi) is 5.16. The summed E-state index contributed by atoms with van der Waals surface area (Å²) in [7, 11) is 0. The number of nitrogens with zero attached hydrogens (tertiary/aromatic N) is 1. The van der Waals surface area contributed by atoms with Gasteiger partial charge in [-0.15, -0.1) is 0 Å². The lowest BCUT2D eigenvalue weighted by atomic mass is 10.0. The Bertz CT molecular complexity index is 714. The number of hydrogen-bond donors (Lipinski definition) is 3. The van der Waals surface area contributed by atoms with Crippen molar-refractivity contribution in [1.82, 2.24) is 4.98 Å². The van der Waals surface area contributed by atoms with E-state index in [1.165, 1.54) is 0 Å². The number of nitrogens with one attached hydrogen (secondary N) is 2. The minimum Gasteiger partial charge on any atom is -0.396 e. The molecule has 1 fully saturated rings. The molecule has 0 bridgehead atoms. The molecule has 1 aromatic heterocycles. The number of aromatic nitrogens is 1. The van der Waals surface area contributed by atoms with Crippen molar-refractivity contribution in [2.24, 2.45) is 5.41 Å². The first kappa shape index (κ1) is 16.9. The first-order valence-corrected chi connectivity index (χ1v) is 8.78. The van der Waals surface area contributed by atoms with Crippen LogP contribution in [0.25, 0.3) is 0 Å². The Morgan fingerprint density at radius 2 is 2.00 bits per heavy atom. The molecule has 2 aromatic rings. The predicted molar refractivity (Wildman–Crippen MR) is 98.2 cm³/mol. The second-order valence-electron chi connectivity index (χ2n) is 6.19. The molecule has 1 aliphatic rings. The average Bonchev–Trinajstić information content (AvgIpc) is 3.36. The highest BCUT2D eigenvalue weighted by molar-refractivity contribution is 9.10. The number of halogens is 1. The molecule has 0 unspecified atom stereocenters. The van der Waals surface area contributed by atoms with Crippen LogP contribution in [0, 0.1) is 5.41 Å². The molecule has 1 heterocycles. The molecule has 0 saturated heterocycles. The Labute approximate surface area is 149 Å². The predicted octanol–water partition coefficient (Wildman–Crippen LogP) is 3.67. The molecular formula is C18H20BrN3O2. The summed E-state index contributed by atoms with van der Waals surface area (Å²) in [5.74, 6) is 0.385. The van der Waals surface area contributed by atoms with Gasteiger partial charge in [-0.3, -0.25) is 4.79 Å². The third-order valence-corrected chi connectivity index (χ3v) is 4.91. The summed E-state index contributed by atoms with van der Waals surface area (Å²) in [6, 6.07) is 10.9. The molecule has 24 heavy (non-hydrogen) atoms. The Hall–Kier alpha value is -1.92. The van der Waals surface area contributed by atoms with E-state index < -0.39 is 0 Å². The van der Waals surface area contributed by atoms with Crippen LogP contribution >= 0.6 is 15.9 Å². The molecule has 1 saturated carbocycles. The van der Waals surface area contributed by atoms with Crippen LogP contribution < -0.4 is 10.6 Å². The maximum atomic E-state index is 12.5. The van der Waals surface area contributed by atoms with Gasteiger partial charge < -0.3 is 15.7 Å². The number of hydrogen-bond acceptors (Lipinski definition) is 4. The van der Waals surface area contributed by atoms with Gasteiger partial charge in [0.05, 0.1) is 5.56 Å². The second kappa shape index (κ2) is 7.32. The van der Waals surface area contributed by atoms with Crippen molar-refractivity contribution in [3.05, 3.63) is 52.6 Å². The maximum Gasteiger partial charge on any atom is 0.259 e. The number of pyridine rings is 1. The van der Waals surface area contributed by atoms with E-state index in [1.807, 2.05) is 24.3 Å². The molecule has 1 amide bonds. The molecule has 1 aliphatic carbocycles. The van der Waals surface area contributed by atoms with E-state index in [0.717, 1.165) is 36.0 Å². The normalized spacial score (nSPS) is 14.9. The highest BCUT2D eigenvalue weighted by Crippen LogP contribution is 2.48. The van der Waals surface area contributed by atoms with Gasteiger partial charge in [-0.1, -0.05) is 15.9 Å². The van der Waals surface area contributed by atoms with Gasteiger partial charge in [0.2, 0.25) is 0 Å². The molecular weight excluding hydrogens is 370 g/mol. The summed E-state index contributed by atoms with van der Waals surface area (Å²) in [5, 5.41) is 15.3. The topological polar surface area (TPSA) is 74.2 Å². The minimum absolute atomic E-state index is 0.158. The number of amides is 1. The number of anilines is 2. The zero-order valence-corrected chi connectivity index (χ0v) is 14.8. The van der Waals surface area contributed by atoms with Crippen LogP contribution in [0.2, 0.25) is 0 Å². The van der Waals surface area contributed by atoms with Crippen LogP contribution in [-0.4, -0.2) is 29.1 Å². The van der Waals surface area contributed by atoms with Crippen LogP contribution in [0.1, 0.15) is 29.6 Å². The lowest BCUT2D eigenvalue weighted by Crippen LogP contribution is -2.21. The quantitative estimate of drug-likeness (QED) is 0.675. The standard InChI is InChI=1S/C18H20BrN3O2/c19-13-3-5-14(6-4-13)22-17(24)15-2-1-10-20-16(15)21-12-18(7-8-18)9-11-23/h1-6,10,23H,7-9,11-12H2,(H,20,21)(H,22,24). The maximum absolute atomic E-state index is 12.5. The van der Waals surface area contributed by atoms with Crippen molar-refractivity contribution >= 4 is 33.3 Å². The number of carbonyl (C=O) groups excluding carboxylic acids is 1. The number of benzene rings is 1. The lowest BCUT2D eigenvalue weighted by Gasteiger charge is -2.16. The van der Waals surface area contributed by atoms with Crippen LogP contribution in [0.4, 0.5) is 11.5 Å². The number of aliphatic hydroxyl groups is 1. The lowest BCUT2D eigenvalue weighted by molar-refractivity contribution is 0.102. The fourth-order valence-corrected chi connectivity index (χ4v) is 2.93. The SMILES string of the molecule is O=C(Nc1ccc(Br)cc1)c1cccnc1NCC1(CCO)CC1. The van der Waals surface area contributed by atoms with Gasteiger partial charge in [0.15, 0.2) is 0 Å². The molecule has 3 N–H and O–H groups in total. The summed E-state index contributed by atoms with van der Waals surface area (Å²) in [6.45, 7) is 0.921. The first-order valence-electron chi connectivity index (χ1n) is 7.99. The van der Waals surface area contributed by atoms with Gasteiger partial charge in [-0.2, -0.15) is 0 Å². The Balaban J connectivity index is 1.69. The summed E-state index contributed by atoms with van der Waals surface area (Å²) >= 11 is 3.38. The Morgan fingerprint density at radius 1 is 1.25 bits per heavy atom. The van der Waals surface area contributed by atoms with Gasteiger partial charge in [-0.25, -0.2) is 4.98 Å². The van der Waals surface area contributed by atoms with Gasteiger partial charge in [0.1, 0.15) is 5.82 Å². The average molecular weight is 390 g/mol. The van der Waals surface area contributed by atoms with Crippen LogP contribution in [0.3, 0.4) is 0 Å². The van der Waals surface area contributed by atoms with Crippen LogP contribution in [-0.2, 0) is 0 Å². The monoisotopic (exact) mass is 389 g/mol. The summed E-state index contributed by atoms with van der Waals surface area (Å²) in [6.07, 6.45) is 4.67. The Morgan fingerprint density at radius 3 is 2.67 bits per heavy atom. The zero-order chi connectivity index (χ0) is 17.0. The van der Waals surface area contributed by atoms with Crippen molar-refractivity contribution in [3.63, 3.8) is 0 Å². The van der Waals surface area contributed by atoms with E-state index in [0.29, 0.717) is 11.4 Å².